The van der Waals surface area contributed by atoms with Crippen LogP contribution in [0.5, 0.6) is 0 Å². The first-order chi connectivity index (χ1) is 17.3. The molecule has 0 radical (unpaired) electrons. The number of hydrogen-bond acceptors (Lipinski definition) is 11. The van der Waals surface area contributed by atoms with Gasteiger partial charge < -0.3 is 57.6 Å². The second-order valence-electron chi connectivity index (χ2n) is 5.48. The Morgan fingerprint density at radius 2 is 0.462 bits per heavy atom. The third kappa shape index (κ3) is 260000. The molecule has 0 atom stereocenters. The fourth-order valence-corrected chi connectivity index (χ4v) is 0.329. The summed E-state index contributed by atoms with van der Waals surface area (Å²) in [7, 11) is 0. The smallest absolute Gasteiger partial charge is 0.300 e. The van der Waals surface area contributed by atoms with E-state index in [1.54, 1.807) is 0 Å². The summed E-state index contributed by atoms with van der Waals surface area (Å²) in [6, 6.07) is 0. The summed E-state index contributed by atoms with van der Waals surface area (Å²) in [4.78, 5) is 72.0. The Bertz CT molecular complexity index is 446. The van der Waals surface area contributed by atoms with E-state index in [2.05, 4.69) is 5.32 Å². The largest absolute Gasteiger partial charge is 0.481 e. The van der Waals surface area contributed by atoms with E-state index in [-0.39, 0.29) is 0 Å². The predicted octanol–water partition coefficient (Wildman–Crippen LogP) is -0.779. The summed E-state index contributed by atoms with van der Waals surface area (Å²) < 4.78 is 0. The van der Waals surface area contributed by atoms with Gasteiger partial charge in [-0.25, -0.2) is 0 Å². The Morgan fingerprint density at radius 1 is 0.385 bits per heavy atom. The topological polar surface area (TPSA) is 362 Å². The average molecular weight is 584 g/mol. The van der Waals surface area contributed by atoms with Gasteiger partial charge in [0.25, 0.3) is 47.8 Å². The zero-order valence-electron chi connectivity index (χ0n) is 23.3. The van der Waals surface area contributed by atoms with Crippen molar-refractivity contribution in [1.29, 1.82) is 0 Å². The summed E-state index contributed by atoms with van der Waals surface area (Å²) in [5, 5.41) is 62.4. The van der Waals surface area contributed by atoms with Gasteiger partial charge in [0.1, 0.15) is 0 Å². The highest BCUT2D eigenvalue weighted by Crippen LogP contribution is 1.49. The van der Waals surface area contributed by atoms with Crippen LogP contribution >= 0.6 is 0 Å². The van der Waals surface area contributed by atoms with Crippen molar-refractivity contribution in [2.75, 3.05) is 26.2 Å². The molecule has 19 nitrogen and oxygen atoms in total. The van der Waals surface area contributed by atoms with Crippen LogP contribution in [0.4, 0.5) is 0 Å². The Morgan fingerprint density at radius 3 is 0.513 bits per heavy atom. The van der Waals surface area contributed by atoms with Crippen LogP contribution < -0.4 is 16.8 Å². The highest BCUT2D eigenvalue weighted by Gasteiger charge is 1.76. The van der Waals surface area contributed by atoms with Crippen LogP contribution in [0.3, 0.4) is 0 Å². The molecule has 0 spiro atoms. The maximum absolute atomic E-state index is 9.00. The monoisotopic (exact) mass is 583 g/mol. The van der Waals surface area contributed by atoms with Gasteiger partial charge >= 0.3 is 0 Å². The van der Waals surface area contributed by atoms with Crippen LogP contribution in [-0.4, -0.2) is 115 Å². The molecule has 0 aliphatic heterocycles. The van der Waals surface area contributed by atoms with Crippen molar-refractivity contribution in [3.8, 4) is 0 Å². The molecule has 0 aliphatic carbocycles. The summed E-state index contributed by atoms with van der Waals surface area (Å²) in [6.45, 7) is 11.8. The molecule has 0 saturated heterocycles. The first-order valence-electron chi connectivity index (χ1n) is 9.95. The minimum absolute atomic E-state index is 0.694. The quantitative estimate of drug-likeness (QED) is 0.181. The number of carboxylic acids is 8. The Balaban J connectivity index is -0.0000000374. The van der Waals surface area contributed by atoms with Crippen LogP contribution in [0, 0.1) is 0 Å². The van der Waals surface area contributed by atoms with Crippen LogP contribution in [0.25, 0.3) is 0 Å². The van der Waals surface area contributed by atoms with E-state index in [1.807, 2.05) is 0 Å². The number of carboxylic acid groups (broad SMARTS) is 8. The number of nitrogens with one attached hydrogen (secondary N) is 1. The van der Waals surface area contributed by atoms with Gasteiger partial charge in [-0.2, -0.15) is 0 Å². The van der Waals surface area contributed by atoms with E-state index >= 15 is 0 Å². The molecule has 0 aromatic rings. The first-order valence-corrected chi connectivity index (χ1v) is 9.95. The molecule has 13 N–H and O–H groups in total. The van der Waals surface area contributed by atoms with Crippen molar-refractivity contribution in [2.45, 2.75) is 55.4 Å². The highest BCUT2D eigenvalue weighted by atomic mass is 16.4. The molecule has 39 heavy (non-hydrogen) atoms. The maximum atomic E-state index is 9.00. The van der Waals surface area contributed by atoms with Crippen molar-refractivity contribution in [1.82, 2.24) is 5.32 Å². The van der Waals surface area contributed by atoms with Gasteiger partial charge in [0.15, 0.2) is 0 Å². The van der Waals surface area contributed by atoms with Crippen LogP contribution in [0.2, 0.25) is 0 Å². The van der Waals surface area contributed by atoms with Crippen LogP contribution in [0.1, 0.15) is 55.4 Å². The van der Waals surface area contributed by atoms with Gasteiger partial charge in [0.05, 0.1) is 0 Å². The second-order valence-corrected chi connectivity index (χ2v) is 5.48. The van der Waals surface area contributed by atoms with Gasteiger partial charge in [-0.15, -0.1) is 0 Å². The molecular weight excluding hydrogens is 538 g/mol. The lowest BCUT2D eigenvalue weighted by Gasteiger charge is -1.95. The van der Waals surface area contributed by atoms with Crippen molar-refractivity contribution in [3.05, 3.63) is 0 Å². The lowest BCUT2D eigenvalue weighted by molar-refractivity contribution is -0.135. The van der Waals surface area contributed by atoms with Gasteiger partial charge in [-0.05, 0) is 0 Å². The number of rotatable bonds is 4. The van der Waals surface area contributed by atoms with Gasteiger partial charge in [0, 0.05) is 81.6 Å². The van der Waals surface area contributed by atoms with E-state index in [0.29, 0.717) is 13.1 Å². The Labute approximate surface area is 226 Å². The van der Waals surface area contributed by atoms with E-state index in [9.17, 15) is 0 Å². The molecule has 0 fully saturated rings. The standard InChI is InChI=1S/C4H13N3.8C2H4O2/c5-1-3-7-4-2-6;8*1-2(3)4/h7H,1-6H2;8*1H3,(H,3,4). The summed E-state index contributed by atoms with van der Waals surface area (Å²) in [5.74, 6) is -6.67. The van der Waals surface area contributed by atoms with E-state index in [0.717, 1.165) is 68.5 Å². The van der Waals surface area contributed by atoms with Crippen molar-refractivity contribution in [3.63, 3.8) is 0 Å². The molecule has 19 heteroatoms. The fraction of sp³-hybridized carbons (Fsp3) is 0.600. The summed E-state index contributed by atoms with van der Waals surface area (Å²) >= 11 is 0. The predicted molar refractivity (Wildman–Crippen MR) is 137 cm³/mol. The molecule has 0 aromatic carbocycles. The number of nitrogens with two attached hydrogens (primary N) is 2. The number of carbonyl (C=O) groups is 8. The molecular formula is C20H45N3O16. The molecule has 0 unspecified atom stereocenters. The SMILES string of the molecule is CC(=O)O.CC(=O)O.CC(=O)O.CC(=O)O.CC(=O)O.CC(=O)O.CC(=O)O.CC(=O)O.NCCNCCN. The number of aliphatic carboxylic acids is 8. The molecule has 0 aliphatic rings. The molecule has 0 saturated carbocycles. The third-order valence-corrected chi connectivity index (χ3v) is 0.642. The summed E-state index contributed by atoms with van der Waals surface area (Å²) in [6.07, 6.45) is 0. The molecule has 236 valence electrons. The fourth-order valence-electron chi connectivity index (χ4n) is 0.329. The van der Waals surface area contributed by atoms with Crippen LogP contribution in [-0.2, 0) is 38.4 Å². The minimum Gasteiger partial charge on any atom is -0.481 e. The normalized spacial score (nSPS) is 6.82. The summed E-state index contributed by atoms with van der Waals surface area (Å²) in [5.41, 5.74) is 10.3. The Hall–Kier alpha value is -4.36. The molecule has 0 rings (SSSR count). The lowest BCUT2D eigenvalue weighted by Crippen LogP contribution is -2.27. The third-order valence-electron chi connectivity index (χ3n) is 0.642. The highest BCUT2D eigenvalue weighted by molar-refractivity contribution is 5.64. The minimum atomic E-state index is -0.833. The van der Waals surface area contributed by atoms with E-state index in [1.165, 1.54) is 0 Å². The lowest BCUT2D eigenvalue weighted by atomic mass is 10.6. The van der Waals surface area contributed by atoms with E-state index in [4.69, 9.17) is 90.7 Å². The zero-order chi connectivity index (χ0) is 34.2. The van der Waals surface area contributed by atoms with E-state index < -0.39 is 47.8 Å². The molecule has 0 bridgehead atoms. The van der Waals surface area contributed by atoms with Crippen molar-refractivity contribution >= 4 is 47.8 Å². The molecule has 0 heterocycles. The number of hydrogen-bond donors (Lipinski definition) is 11. The van der Waals surface area contributed by atoms with Gasteiger partial charge in [-0.1, -0.05) is 0 Å². The zero-order valence-corrected chi connectivity index (χ0v) is 23.3. The van der Waals surface area contributed by atoms with Gasteiger partial charge in [-0.3, -0.25) is 38.4 Å². The molecule has 0 aromatic heterocycles. The Kier molecular flexibility index (Phi) is 90.3. The van der Waals surface area contributed by atoms with Gasteiger partial charge in [0.2, 0.25) is 0 Å². The second kappa shape index (κ2) is 59.0. The van der Waals surface area contributed by atoms with Crippen LogP contribution in [0.15, 0.2) is 0 Å². The van der Waals surface area contributed by atoms with Crippen molar-refractivity contribution in [2.24, 2.45) is 11.5 Å². The average Bonchev–Trinajstić information content (AvgIpc) is 2.58. The first kappa shape index (κ1) is 59.6. The maximum Gasteiger partial charge on any atom is 0.300 e. The van der Waals surface area contributed by atoms with Crippen molar-refractivity contribution < 1.29 is 79.2 Å². The molecule has 0 amide bonds.